The Morgan fingerprint density at radius 1 is 1.20 bits per heavy atom. The van der Waals surface area contributed by atoms with E-state index in [0.29, 0.717) is 0 Å². The van der Waals surface area contributed by atoms with Crippen LogP contribution < -0.4 is 10.2 Å². The number of nitrogens with zero attached hydrogens (tertiary/aromatic N) is 3. The molecule has 4 heteroatoms. The fourth-order valence-corrected chi connectivity index (χ4v) is 3.13. The van der Waals surface area contributed by atoms with Gasteiger partial charge in [0.25, 0.3) is 0 Å². The van der Waals surface area contributed by atoms with Crippen LogP contribution in [0.4, 0.5) is 5.69 Å². The second-order valence-electron chi connectivity index (χ2n) is 6.92. The van der Waals surface area contributed by atoms with E-state index < -0.39 is 0 Å². The Balaban J connectivity index is 1.73. The zero-order valence-corrected chi connectivity index (χ0v) is 15.7. The van der Waals surface area contributed by atoms with E-state index >= 15 is 0 Å². The van der Waals surface area contributed by atoms with Crippen molar-refractivity contribution in [3.63, 3.8) is 0 Å². The summed E-state index contributed by atoms with van der Waals surface area (Å²) >= 11 is 0. The van der Waals surface area contributed by atoms with Crippen molar-refractivity contribution in [2.75, 3.05) is 18.0 Å². The molecule has 132 valence electrons. The van der Waals surface area contributed by atoms with Crippen molar-refractivity contribution in [2.45, 2.75) is 33.6 Å². The molecule has 0 unspecified atom stereocenters. The average Bonchev–Trinajstić information content (AvgIpc) is 3.21. The summed E-state index contributed by atoms with van der Waals surface area (Å²) in [5.41, 5.74) is 7.90. The molecule has 0 atom stereocenters. The number of hydrogen-bond donors (Lipinski definition) is 1. The van der Waals surface area contributed by atoms with Gasteiger partial charge in [-0.1, -0.05) is 24.6 Å². The highest BCUT2D eigenvalue weighted by molar-refractivity contribution is 5.71. The molecule has 0 fully saturated rings. The molecule has 0 saturated heterocycles. The fraction of sp³-hybridized carbons (Fsp3) is 0.381. The molecule has 25 heavy (non-hydrogen) atoms. The van der Waals surface area contributed by atoms with Crippen LogP contribution in [0.3, 0.4) is 0 Å². The minimum atomic E-state index is 0.954. The highest BCUT2D eigenvalue weighted by atomic mass is 15.2. The van der Waals surface area contributed by atoms with Crippen molar-refractivity contribution < 1.29 is 0 Å². The van der Waals surface area contributed by atoms with Crippen LogP contribution in [0.5, 0.6) is 0 Å². The van der Waals surface area contributed by atoms with Gasteiger partial charge in [0.05, 0.1) is 6.20 Å². The van der Waals surface area contributed by atoms with Crippen molar-refractivity contribution in [1.29, 1.82) is 0 Å². The number of aromatic nitrogens is 2. The van der Waals surface area contributed by atoms with Crippen molar-refractivity contribution in [3.05, 3.63) is 59.7 Å². The number of aryl methyl sites for hydroxylation is 1. The molecule has 0 spiro atoms. The van der Waals surface area contributed by atoms with Gasteiger partial charge in [-0.25, -0.2) is 0 Å². The molecule has 0 saturated carbocycles. The van der Waals surface area contributed by atoms with Gasteiger partial charge in [-0.2, -0.15) is 5.10 Å². The van der Waals surface area contributed by atoms with E-state index in [4.69, 9.17) is 0 Å². The van der Waals surface area contributed by atoms with Gasteiger partial charge in [0, 0.05) is 43.8 Å². The smallest absolute Gasteiger partial charge is 0.0568 e. The van der Waals surface area contributed by atoms with Crippen LogP contribution in [0.15, 0.2) is 54.1 Å². The van der Waals surface area contributed by atoms with Crippen LogP contribution >= 0.6 is 0 Å². The van der Waals surface area contributed by atoms with Crippen molar-refractivity contribution in [3.8, 4) is 11.1 Å². The Morgan fingerprint density at radius 2 is 2.00 bits per heavy atom. The molecular formula is C21H28N4. The lowest BCUT2D eigenvalue weighted by Crippen LogP contribution is -2.23. The second kappa shape index (κ2) is 7.60. The summed E-state index contributed by atoms with van der Waals surface area (Å²) in [6, 6.07) is 6.78. The SMILES string of the molecule is CC/C(C)=C/N/C=C(\C)CN1CCc2ccc(-c3cnn(C)c3)cc21. The highest BCUT2D eigenvalue weighted by Gasteiger charge is 2.19. The maximum absolute atomic E-state index is 4.29. The zero-order chi connectivity index (χ0) is 17.8. The van der Waals surface area contributed by atoms with Crippen molar-refractivity contribution in [2.24, 2.45) is 7.05 Å². The van der Waals surface area contributed by atoms with Crippen molar-refractivity contribution in [1.82, 2.24) is 15.1 Å². The predicted molar refractivity (Wildman–Crippen MR) is 106 cm³/mol. The van der Waals surface area contributed by atoms with Gasteiger partial charge >= 0.3 is 0 Å². The first kappa shape index (κ1) is 17.3. The highest BCUT2D eigenvalue weighted by Crippen LogP contribution is 2.33. The van der Waals surface area contributed by atoms with Crippen LogP contribution in [0.2, 0.25) is 0 Å². The van der Waals surface area contributed by atoms with Gasteiger partial charge in [0.15, 0.2) is 0 Å². The standard InChI is InChI=1S/C21H28N4/c1-5-16(2)11-22-12-17(3)14-25-9-8-18-6-7-19(10-21(18)25)20-13-23-24(4)15-20/h6-7,10-13,15,22H,5,8-9,14H2,1-4H3/b16-11+,17-12+. The summed E-state index contributed by atoms with van der Waals surface area (Å²) in [5, 5.41) is 7.60. The fourth-order valence-electron chi connectivity index (χ4n) is 3.13. The Labute approximate surface area is 150 Å². The molecule has 1 aliphatic rings. The van der Waals surface area contributed by atoms with Gasteiger partial charge < -0.3 is 10.2 Å². The minimum Gasteiger partial charge on any atom is -0.368 e. The summed E-state index contributed by atoms with van der Waals surface area (Å²) in [6.07, 6.45) is 10.4. The number of allylic oxidation sites excluding steroid dienone is 1. The van der Waals surface area contributed by atoms with Gasteiger partial charge in [0.1, 0.15) is 0 Å². The number of nitrogens with one attached hydrogen (secondary N) is 1. The molecule has 1 N–H and O–H groups in total. The lowest BCUT2D eigenvalue weighted by atomic mass is 10.1. The summed E-state index contributed by atoms with van der Waals surface area (Å²) in [6.45, 7) is 8.54. The molecule has 1 aromatic heterocycles. The molecule has 0 radical (unpaired) electrons. The van der Waals surface area contributed by atoms with Gasteiger partial charge in [-0.3, -0.25) is 4.68 Å². The molecule has 3 rings (SSSR count). The zero-order valence-electron chi connectivity index (χ0n) is 15.7. The first-order chi connectivity index (χ1) is 12.1. The van der Waals surface area contributed by atoms with Crippen LogP contribution in [-0.2, 0) is 13.5 Å². The summed E-state index contributed by atoms with van der Waals surface area (Å²) in [4.78, 5) is 2.47. The normalized spacial score (nSPS) is 14.8. The topological polar surface area (TPSA) is 33.1 Å². The van der Waals surface area contributed by atoms with Crippen LogP contribution in [-0.4, -0.2) is 22.9 Å². The van der Waals surface area contributed by atoms with E-state index in [2.05, 4.69) is 72.9 Å². The van der Waals surface area contributed by atoms with E-state index in [0.717, 1.165) is 25.9 Å². The number of hydrogen-bond acceptors (Lipinski definition) is 3. The van der Waals surface area contributed by atoms with Crippen molar-refractivity contribution >= 4 is 5.69 Å². The Bertz CT molecular complexity index is 798. The third-order valence-electron chi connectivity index (χ3n) is 4.77. The predicted octanol–water partition coefficient (Wildman–Crippen LogP) is 4.26. The van der Waals surface area contributed by atoms with Crippen LogP contribution in [0, 0.1) is 0 Å². The van der Waals surface area contributed by atoms with Gasteiger partial charge in [-0.05, 0) is 55.7 Å². The molecule has 0 bridgehead atoms. The van der Waals surface area contributed by atoms with E-state index in [9.17, 15) is 0 Å². The Morgan fingerprint density at radius 3 is 2.72 bits per heavy atom. The number of rotatable bonds is 6. The molecule has 0 amide bonds. The number of anilines is 1. The molecule has 1 aliphatic heterocycles. The summed E-state index contributed by atoms with van der Waals surface area (Å²) in [5.74, 6) is 0. The molecule has 2 heterocycles. The van der Waals surface area contributed by atoms with Gasteiger partial charge in [-0.15, -0.1) is 0 Å². The largest absolute Gasteiger partial charge is 0.368 e. The summed E-state index contributed by atoms with van der Waals surface area (Å²) < 4.78 is 1.85. The quantitative estimate of drug-likeness (QED) is 0.856. The van der Waals surface area contributed by atoms with E-state index in [1.165, 1.54) is 33.5 Å². The average molecular weight is 336 g/mol. The van der Waals surface area contributed by atoms with E-state index in [1.54, 1.807) is 0 Å². The van der Waals surface area contributed by atoms with Crippen LogP contribution in [0.25, 0.3) is 11.1 Å². The second-order valence-corrected chi connectivity index (χ2v) is 6.92. The number of benzene rings is 1. The lowest BCUT2D eigenvalue weighted by Gasteiger charge is -2.20. The lowest BCUT2D eigenvalue weighted by molar-refractivity contribution is 0.768. The van der Waals surface area contributed by atoms with E-state index in [-0.39, 0.29) is 0 Å². The Hall–Kier alpha value is -2.49. The van der Waals surface area contributed by atoms with E-state index in [1.807, 2.05) is 17.9 Å². The monoisotopic (exact) mass is 336 g/mol. The first-order valence-electron chi connectivity index (χ1n) is 9.01. The van der Waals surface area contributed by atoms with Crippen LogP contribution in [0.1, 0.15) is 32.8 Å². The minimum absolute atomic E-state index is 0.954. The third kappa shape index (κ3) is 4.13. The molecule has 0 aliphatic carbocycles. The third-order valence-corrected chi connectivity index (χ3v) is 4.77. The maximum Gasteiger partial charge on any atom is 0.0568 e. The maximum atomic E-state index is 4.29. The summed E-state index contributed by atoms with van der Waals surface area (Å²) in [7, 11) is 1.96. The molecule has 2 aromatic rings. The van der Waals surface area contributed by atoms with Gasteiger partial charge in [0.2, 0.25) is 0 Å². The number of fused-ring (bicyclic) bond motifs is 1. The first-order valence-corrected chi connectivity index (χ1v) is 9.01. The Kier molecular flexibility index (Phi) is 5.27. The molecular weight excluding hydrogens is 308 g/mol. The molecule has 4 nitrogen and oxygen atoms in total. The molecule has 1 aromatic carbocycles.